The molecule has 122 valence electrons. The molecule has 3 rings (SSSR count). The molecular weight excluding hydrogens is 306 g/mol. The number of carbonyl (C=O) groups excluding carboxylic acids is 1. The van der Waals surface area contributed by atoms with Crippen molar-refractivity contribution in [3.8, 4) is 11.3 Å². The zero-order valence-electron chi connectivity index (χ0n) is 13.4. The third-order valence-corrected chi connectivity index (χ3v) is 3.57. The number of aromatic nitrogens is 2. The lowest BCUT2D eigenvalue weighted by atomic mass is 10.1. The van der Waals surface area contributed by atoms with E-state index in [1.165, 1.54) is 0 Å². The first-order valence-corrected chi connectivity index (χ1v) is 7.54. The highest BCUT2D eigenvalue weighted by Gasteiger charge is 2.19. The van der Waals surface area contributed by atoms with Crippen molar-refractivity contribution < 1.29 is 14.1 Å². The van der Waals surface area contributed by atoms with Crippen LogP contribution in [0.1, 0.15) is 24.4 Å². The number of carbonyl (C=O) groups is 1. The van der Waals surface area contributed by atoms with E-state index in [0.29, 0.717) is 17.1 Å². The van der Waals surface area contributed by atoms with Crippen LogP contribution in [0.5, 0.6) is 0 Å². The van der Waals surface area contributed by atoms with Gasteiger partial charge in [0.15, 0.2) is 5.76 Å². The highest BCUT2D eigenvalue weighted by atomic mass is 16.6. The average Bonchev–Trinajstić information content (AvgIpc) is 2.97. The fourth-order valence-corrected chi connectivity index (χ4v) is 2.29. The fourth-order valence-electron chi connectivity index (χ4n) is 2.29. The maximum Gasteiger partial charge on any atom is 0.412 e. The first-order chi connectivity index (χ1) is 11.6. The molecule has 2 heterocycles. The normalized spacial score (nSPS) is 11.8. The predicted octanol–water partition coefficient (Wildman–Crippen LogP) is 4.35. The van der Waals surface area contributed by atoms with Gasteiger partial charge in [-0.25, -0.2) is 4.79 Å². The molecule has 0 aliphatic carbocycles. The van der Waals surface area contributed by atoms with Crippen molar-refractivity contribution in [2.45, 2.75) is 20.0 Å². The van der Waals surface area contributed by atoms with Gasteiger partial charge in [-0.2, -0.15) is 0 Å². The smallest absolute Gasteiger partial charge is 0.412 e. The minimum absolute atomic E-state index is 0.418. The molecule has 1 N–H and O–H groups in total. The lowest BCUT2D eigenvalue weighted by Crippen LogP contribution is -2.16. The molecule has 0 aliphatic heterocycles. The Morgan fingerprint density at radius 1 is 1.21 bits per heavy atom. The van der Waals surface area contributed by atoms with Gasteiger partial charge in [-0.1, -0.05) is 41.6 Å². The van der Waals surface area contributed by atoms with Crippen LogP contribution in [0.15, 0.2) is 59.4 Å². The van der Waals surface area contributed by atoms with E-state index in [2.05, 4.69) is 15.5 Å². The molecule has 0 bridgehead atoms. The number of hydrogen-bond acceptors (Lipinski definition) is 5. The maximum atomic E-state index is 12.2. The molecule has 24 heavy (non-hydrogen) atoms. The molecule has 0 unspecified atom stereocenters. The van der Waals surface area contributed by atoms with Gasteiger partial charge in [-0.3, -0.25) is 10.3 Å². The highest BCUT2D eigenvalue weighted by Crippen LogP contribution is 2.30. The predicted molar refractivity (Wildman–Crippen MR) is 89.4 cm³/mol. The highest BCUT2D eigenvalue weighted by molar-refractivity contribution is 5.91. The van der Waals surface area contributed by atoms with Gasteiger partial charge in [0.1, 0.15) is 17.5 Å². The van der Waals surface area contributed by atoms with Crippen molar-refractivity contribution in [3.05, 3.63) is 66.2 Å². The lowest BCUT2D eigenvalue weighted by Gasteiger charge is -2.13. The van der Waals surface area contributed by atoms with Crippen LogP contribution in [-0.2, 0) is 4.74 Å². The molecule has 0 saturated carbocycles. The molecule has 1 aromatic carbocycles. The lowest BCUT2D eigenvalue weighted by molar-refractivity contribution is 0.121. The van der Waals surface area contributed by atoms with Gasteiger partial charge >= 0.3 is 6.09 Å². The molecule has 6 heteroatoms. The van der Waals surface area contributed by atoms with E-state index in [0.717, 1.165) is 11.1 Å². The Bertz CT molecular complexity index is 816. The second-order valence-corrected chi connectivity index (χ2v) is 5.29. The minimum atomic E-state index is -0.574. The van der Waals surface area contributed by atoms with Crippen molar-refractivity contribution in [2.75, 3.05) is 5.32 Å². The number of amides is 1. The standard InChI is InChI=1S/C18H17N3O3/c1-12(15-9-6-10-19-11-15)23-18(22)20-16-13(2)24-21-17(16)14-7-4-3-5-8-14/h3-12H,1-2H3,(H,20,22)/t12-/m1/s1. The summed E-state index contributed by atoms with van der Waals surface area (Å²) in [4.78, 5) is 16.2. The summed E-state index contributed by atoms with van der Waals surface area (Å²) >= 11 is 0. The Morgan fingerprint density at radius 2 is 2.00 bits per heavy atom. The molecule has 0 radical (unpaired) electrons. The number of hydrogen-bond donors (Lipinski definition) is 1. The summed E-state index contributed by atoms with van der Waals surface area (Å²) in [6.07, 6.45) is 2.34. The Morgan fingerprint density at radius 3 is 2.71 bits per heavy atom. The molecule has 1 atom stereocenters. The minimum Gasteiger partial charge on any atom is -0.441 e. The van der Waals surface area contributed by atoms with Crippen LogP contribution in [-0.4, -0.2) is 16.2 Å². The average molecular weight is 323 g/mol. The summed E-state index contributed by atoms with van der Waals surface area (Å²) in [5.74, 6) is 0.514. The first-order valence-electron chi connectivity index (χ1n) is 7.54. The van der Waals surface area contributed by atoms with Crippen LogP contribution in [0, 0.1) is 6.92 Å². The molecule has 0 spiro atoms. The number of ether oxygens (including phenoxy) is 1. The second kappa shape index (κ2) is 6.95. The third-order valence-electron chi connectivity index (χ3n) is 3.57. The summed E-state index contributed by atoms with van der Waals surface area (Å²) in [6, 6.07) is 13.1. The molecule has 3 aromatic rings. The summed E-state index contributed by atoms with van der Waals surface area (Å²) in [6.45, 7) is 3.52. The topological polar surface area (TPSA) is 77.2 Å². The Balaban J connectivity index is 1.74. The summed E-state index contributed by atoms with van der Waals surface area (Å²) < 4.78 is 10.6. The van der Waals surface area contributed by atoms with Gasteiger partial charge in [0.05, 0.1) is 0 Å². The zero-order valence-corrected chi connectivity index (χ0v) is 13.4. The van der Waals surface area contributed by atoms with Gasteiger partial charge in [-0.15, -0.1) is 0 Å². The van der Waals surface area contributed by atoms with E-state index in [1.807, 2.05) is 36.4 Å². The zero-order chi connectivity index (χ0) is 16.9. The van der Waals surface area contributed by atoms with E-state index >= 15 is 0 Å². The Hall–Kier alpha value is -3.15. The quantitative estimate of drug-likeness (QED) is 0.772. The van der Waals surface area contributed by atoms with Crippen LogP contribution in [0.4, 0.5) is 10.5 Å². The van der Waals surface area contributed by atoms with Gasteiger partial charge < -0.3 is 9.26 Å². The maximum absolute atomic E-state index is 12.2. The molecule has 0 saturated heterocycles. The number of pyridine rings is 1. The SMILES string of the molecule is Cc1onc(-c2ccccc2)c1NC(=O)O[C@H](C)c1cccnc1. The molecule has 0 fully saturated rings. The third kappa shape index (κ3) is 3.43. The number of nitrogens with one attached hydrogen (secondary N) is 1. The van der Waals surface area contributed by atoms with E-state index in [-0.39, 0.29) is 0 Å². The van der Waals surface area contributed by atoms with Gasteiger partial charge in [0.25, 0.3) is 0 Å². The van der Waals surface area contributed by atoms with E-state index < -0.39 is 12.2 Å². The number of nitrogens with zero attached hydrogens (tertiary/aromatic N) is 2. The summed E-state index contributed by atoms with van der Waals surface area (Å²) in [5.41, 5.74) is 2.74. The summed E-state index contributed by atoms with van der Waals surface area (Å²) in [5, 5.41) is 6.74. The van der Waals surface area contributed by atoms with Crippen LogP contribution in [0.3, 0.4) is 0 Å². The molecule has 1 amide bonds. The molecular formula is C18H17N3O3. The number of benzene rings is 1. The van der Waals surface area contributed by atoms with Crippen LogP contribution in [0.2, 0.25) is 0 Å². The van der Waals surface area contributed by atoms with Crippen LogP contribution < -0.4 is 5.32 Å². The number of rotatable bonds is 4. The van der Waals surface area contributed by atoms with Gasteiger partial charge in [0, 0.05) is 23.5 Å². The van der Waals surface area contributed by atoms with E-state index in [1.54, 1.807) is 32.3 Å². The van der Waals surface area contributed by atoms with Gasteiger partial charge in [0.2, 0.25) is 0 Å². The Labute approximate surface area is 139 Å². The van der Waals surface area contributed by atoms with Crippen LogP contribution in [0.25, 0.3) is 11.3 Å². The van der Waals surface area contributed by atoms with Crippen molar-refractivity contribution in [1.29, 1.82) is 0 Å². The Kier molecular flexibility index (Phi) is 4.56. The van der Waals surface area contributed by atoms with Gasteiger partial charge in [-0.05, 0) is 19.9 Å². The second-order valence-electron chi connectivity index (χ2n) is 5.29. The van der Waals surface area contributed by atoms with Crippen LogP contribution >= 0.6 is 0 Å². The van der Waals surface area contributed by atoms with E-state index in [4.69, 9.17) is 9.26 Å². The van der Waals surface area contributed by atoms with Crippen molar-refractivity contribution in [3.63, 3.8) is 0 Å². The number of aryl methyl sites for hydroxylation is 1. The summed E-state index contributed by atoms with van der Waals surface area (Å²) in [7, 11) is 0. The van der Waals surface area contributed by atoms with Crippen molar-refractivity contribution in [1.82, 2.24) is 10.1 Å². The monoisotopic (exact) mass is 323 g/mol. The first kappa shape index (κ1) is 15.7. The largest absolute Gasteiger partial charge is 0.441 e. The van der Waals surface area contributed by atoms with Crippen molar-refractivity contribution >= 4 is 11.8 Å². The molecule has 2 aromatic heterocycles. The van der Waals surface area contributed by atoms with Crippen molar-refractivity contribution in [2.24, 2.45) is 0 Å². The molecule has 6 nitrogen and oxygen atoms in total. The fraction of sp³-hybridized carbons (Fsp3) is 0.167. The number of anilines is 1. The van der Waals surface area contributed by atoms with E-state index in [9.17, 15) is 4.79 Å². The molecule has 0 aliphatic rings.